The van der Waals surface area contributed by atoms with Gasteiger partial charge < -0.3 is 15.8 Å². The van der Waals surface area contributed by atoms with Crippen molar-refractivity contribution in [2.75, 3.05) is 13.7 Å². The van der Waals surface area contributed by atoms with Crippen molar-refractivity contribution in [1.29, 1.82) is 0 Å². The van der Waals surface area contributed by atoms with E-state index in [9.17, 15) is 19.7 Å². The Kier molecular flexibility index (Phi) is 4.19. The SMILES string of the molecule is COc1ccc([N+](=O)[O-])cc1C(=O)NCC(N)=O. The first-order valence-corrected chi connectivity index (χ1v) is 4.84. The van der Waals surface area contributed by atoms with Crippen molar-refractivity contribution in [3.8, 4) is 5.75 Å². The van der Waals surface area contributed by atoms with E-state index in [0.29, 0.717) is 0 Å². The van der Waals surface area contributed by atoms with Crippen LogP contribution in [0.1, 0.15) is 10.4 Å². The molecule has 8 heteroatoms. The molecule has 0 aliphatic carbocycles. The second kappa shape index (κ2) is 5.62. The molecule has 0 radical (unpaired) electrons. The fourth-order valence-electron chi connectivity index (χ4n) is 1.25. The first-order valence-electron chi connectivity index (χ1n) is 4.84. The van der Waals surface area contributed by atoms with Gasteiger partial charge in [0, 0.05) is 12.1 Å². The number of nitrogens with one attached hydrogen (secondary N) is 1. The Bertz CT molecular complexity index is 500. The zero-order valence-electron chi connectivity index (χ0n) is 9.50. The van der Waals surface area contributed by atoms with Crippen molar-refractivity contribution in [2.24, 2.45) is 5.73 Å². The second-order valence-corrected chi connectivity index (χ2v) is 3.29. The van der Waals surface area contributed by atoms with E-state index in [1.54, 1.807) is 0 Å². The molecular weight excluding hydrogens is 242 g/mol. The number of ether oxygens (including phenoxy) is 1. The van der Waals surface area contributed by atoms with Gasteiger partial charge in [0.2, 0.25) is 5.91 Å². The van der Waals surface area contributed by atoms with Crippen molar-refractivity contribution >= 4 is 17.5 Å². The van der Waals surface area contributed by atoms with Crippen molar-refractivity contribution < 1.29 is 19.2 Å². The fraction of sp³-hybridized carbons (Fsp3) is 0.200. The van der Waals surface area contributed by atoms with Gasteiger partial charge in [-0.25, -0.2) is 0 Å². The first-order chi connectivity index (χ1) is 8.45. The van der Waals surface area contributed by atoms with Crippen LogP contribution in [0.3, 0.4) is 0 Å². The maximum absolute atomic E-state index is 11.7. The van der Waals surface area contributed by atoms with E-state index in [0.717, 1.165) is 6.07 Å². The van der Waals surface area contributed by atoms with E-state index in [1.807, 2.05) is 0 Å². The molecule has 3 N–H and O–H groups in total. The van der Waals surface area contributed by atoms with Gasteiger partial charge in [-0.2, -0.15) is 0 Å². The minimum absolute atomic E-state index is 0.0343. The molecular formula is C10H11N3O5. The van der Waals surface area contributed by atoms with E-state index in [2.05, 4.69) is 5.32 Å². The van der Waals surface area contributed by atoms with E-state index in [-0.39, 0.29) is 23.5 Å². The molecule has 0 atom stereocenters. The van der Waals surface area contributed by atoms with Crippen LogP contribution in [0, 0.1) is 10.1 Å². The van der Waals surface area contributed by atoms with Gasteiger partial charge in [0.15, 0.2) is 0 Å². The minimum Gasteiger partial charge on any atom is -0.496 e. The lowest BCUT2D eigenvalue weighted by atomic mass is 10.1. The molecule has 0 aliphatic rings. The predicted octanol–water partition coefficient (Wildman–Crippen LogP) is -0.182. The number of rotatable bonds is 5. The number of amides is 2. The van der Waals surface area contributed by atoms with E-state index >= 15 is 0 Å². The number of hydrogen-bond acceptors (Lipinski definition) is 5. The normalized spacial score (nSPS) is 9.61. The third-order valence-electron chi connectivity index (χ3n) is 2.06. The topological polar surface area (TPSA) is 125 Å². The summed E-state index contributed by atoms with van der Waals surface area (Å²) in [6, 6.07) is 3.58. The Hall–Kier alpha value is -2.64. The number of nitro benzene ring substituents is 1. The smallest absolute Gasteiger partial charge is 0.270 e. The molecule has 1 aromatic carbocycles. The quantitative estimate of drug-likeness (QED) is 0.556. The van der Waals surface area contributed by atoms with Crippen LogP contribution in [0.25, 0.3) is 0 Å². The van der Waals surface area contributed by atoms with Crippen LogP contribution >= 0.6 is 0 Å². The van der Waals surface area contributed by atoms with Crippen LogP contribution in [0.4, 0.5) is 5.69 Å². The molecule has 0 heterocycles. The number of benzene rings is 1. The van der Waals surface area contributed by atoms with E-state index in [1.165, 1.54) is 19.2 Å². The van der Waals surface area contributed by atoms with Gasteiger partial charge in [-0.05, 0) is 6.07 Å². The van der Waals surface area contributed by atoms with Crippen LogP contribution in [0.15, 0.2) is 18.2 Å². The summed E-state index contributed by atoms with van der Waals surface area (Å²) in [5.74, 6) is -1.22. The molecule has 0 saturated carbocycles. The highest BCUT2D eigenvalue weighted by Crippen LogP contribution is 2.23. The Morgan fingerprint density at radius 2 is 2.17 bits per heavy atom. The summed E-state index contributed by atoms with van der Waals surface area (Å²) in [7, 11) is 1.33. The summed E-state index contributed by atoms with van der Waals surface area (Å²) in [4.78, 5) is 32.2. The van der Waals surface area contributed by atoms with Crippen molar-refractivity contribution in [2.45, 2.75) is 0 Å². The molecule has 0 bridgehead atoms. The number of carbonyl (C=O) groups excluding carboxylic acids is 2. The predicted molar refractivity (Wildman–Crippen MR) is 61.2 cm³/mol. The van der Waals surface area contributed by atoms with Gasteiger partial charge in [0.1, 0.15) is 5.75 Å². The van der Waals surface area contributed by atoms with Crippen LogP contribution < -0.4 is 15.8 Å². The number of nitro groups is 1. The molecule has 96 valence electrons. The molecule has 0 aliphatic heterocycles. The highest BCUT2D eigenvalue weighted by atomic mass is 16.6. The summed E-state index contributed by atoms with van der Waals surface area (Å²) in [6.07, 6.45) is 0. The van der Waals surface area contributed by atoms with Gasteiger partial charge in [0.25, 0.3) is 11.6 Å². The van der Waals surface area contributed by atoms with E-state index < -0.39 is 16.7 Å². The third kappa shape index (κ3) is 3.17. The first kappa shape index (κ1) is 13.4. The highest BCUT2D eigenvalue weighted by Gasteiger charge is 2.17. The molecule has 0 unspecified atom stereocenters. The van der Waals surface area contributed by atoms with Crippen LogP contribution in [0.2, 0.25) is 0 Å². The highest BCUT2D eigenvalue weighted by molar-refractivity contribution is 5.99. The Balaban J connectivity index is 3.03. The Labute approximate surface area is 102 Å². The molecule has 8 nitrogen and oxygen atoms in total. The summed E-state index contributed by atoms with van der Waals surface area (Å²) < 4.78 is 4.91. The Morgan fingerprint density at radius 1 is 1.50 bits per heavy atom. The fourth-order valence-corrected chi connectivity index (χ4v) is 1.25. The standard InChI is InChI=1S/C10H11N3O5/c1-18-8-3-2-6(13(16)17)4-7(8)10(15)12-5-9(11)14/h2-4H,5H2,1H3,(H2,11,14)(H,12,15). The van der Waals surface area contributed by atoms with Crippen molar-refractivity contribution in [3.63, 3.8) is 0 Å². The number of carbonyl (C=O) groups is 2. The lowest BCUT2D eigenvalue weighted by molar-refractivity contribution is -0.384. The number of methoxy groups -OCH3 is 1. The van der Waals surface area contributed by atoms with Crippen molar-refractivity contribution in [3.05, 3.63) is 33.9 Å². The van der Waals surface area contributed by atoms with Gasteiger partial charge in [-0.3, -0.25) is 19.7 Å². The average molecular weight is 253 g/mol. The summed E-state index contributed by atoms with van der Waals surface area (Å²) >= 11 is 0. The number of nitrogens with zero attached hydrogens (tertiary/aromatic N) is 1. The molecule has 2 amide bonds. The molecule has 1 rings (SSSR count). The summed E-state index contributed by atoms with van der Waals surface area (Å²) in [5, 5.41) is 12.8. The van der Waals surface area contributed by atoms with Gasteiger partial charge in [0.05, 0.1) is 24.1 Å². The maximum atomic E-state index is 11.7. The van der Waals surface area contributed by atoms with Crippen molar-refractivity contribution in [1.82, 2.24) is 5.32 Å². The molecule has 0 spiro atoms. The van der Waals surface area contributed by atoms with Gasteiger partial charge in [-0.15, -0.1) is 0 Å². The third-order valence-corrected chi connectivity index (χ3v) is 2.06. The molecule has 0 fully saturated rings. The second-order valence-electron chi connectivity index (χ2n) is 3.29. The largest absolute Gasteiger partial charge is 0.496 e. The van der Waals surface area contributed by atoms with Crippen LogP contribution in [-0.2, 0) is 4.79 Å². The number of nitrogens with two attached hydrogens (primary N) is 1. The molecule has 1 aromatic rings. The zero-order chi connectivity index (χ0) is 13.7. The minimum atomic E-state index is -0.715. The van der Waals surface area contributed by atoms with Crippen LogP contribution in [-0.4, -0.2) is 30.4 Å². The Morgan fingerprint density at radius 3 is 2.67 bits per heavy atom. The lowest BCUT2D eigenvalue weighted by Gasteiger charge is -2.07. The summed E-state index contributed by atoms with van der Waals surface area (Å²) in [6.45, 7) is -0.356. The monoisotopic (exact) mass is 253 g/mol. The lowest BCUT2D eigenvalue weighted by Crippen LogP contribution is -2.33. The molecule has 0 saturated heterocycles. The molecule has 18 heavy (non-hydrogen) atoms. The average Bonchev–Trinajstić information content (AvgIpc) is 2.34. The van der Waals surface area contributed by atoms with Gasteiger partial charge >= 0.3 is 0 Å². The van der Waals surface area contributed by atoms with Gasteiger partial charge in [-0.1, -0.05) is 0 Å². The van der Waals surface area contributed by atoms with E-state index in [4.69, 9.17) is 10.5 Å². The van der Waals surface area contributed by atoms with Crippen LogP contribution in [0.5, 0.6) is 5.75 Å². The zero-order valence-corrected chi connectivity index (χ0v) is 9.50. The maximum Gasteiger partial charge on any atom is 0.270 e. The molecule has 0 aromatic heterocycles. The number of hydrogen-bond donors (Lipinski definition) is 2. The number of non-ortho nitro benzene ring substituents is 1. The summed E-state index contributed by atoms with van der Waals surface area (Å²) in [5.41, 5.74) is 4.59. The number of primary amides is 1.